The minimum atomic E-state index is -1.25. The van der Waals surface area contributed by atoms with Gasteiger partial charge in [0, 0.05) is 51.6 Å². The fourth-order valence-corrected chi connectivity index (χ4v) is 4.73. The fraction of sp³-hybridized carbons (Fsp3) is 0.609. The summed E-state index contributed by atoms with van der Waals surface area (Å²) in [4.78, 5) is 0. The first-order valence-corrected chi connectivity index (χ1v) is 14.9. The smallest absolute Gasteiger partial charge is 0.140 e. The van der Waals surface area contributed by atoms with Crippen molar-refractivity contribution in [2.75, 3.05) is 13.7 Å². The zero-order valence-electron chi connectivity index (χ0n) is 19.4. The molecule has 9 heteroatoms. The van der Waals surface area contributed by atoms with Crippen LogP contribution in [0.2, 0.25) is 25.7 Å². The van der Waals surface area contributed by atoms with Gasteiger partial charge < -0.3 is 14.8 Å². The molecule has 1 aromatic heterocycles. The van der Waals surface area contributed by atoms with Crippen LogP contribution in [0.25, 0.3) is 11.3 Å². The van der Waals surface area contributed by atoms with Crippen molar-refractivity contribution in [1.82, 2.24) is 15.1 Å². The van der Waals surface area contributed by atoms with Gasteiger partial charge in [0.05, 0.1) is 18.0 Å². The summed E-state index contributed by atoms with van der Waals surface area (Å²) < 4.78 is 54.5. The number of nitrogens with one attached hydrogen (secondary N) is 1. The highest BCUT2D eigenvalue weighted by Crippen LogP contribution is 2.30. The number of halogens is 3. The molecule has 0 spiro atoms. The minimum Gasteiger partial charge on any atom is -0.380 e. The molecule has 5 nitrogen and oxygen atoms in total. The molecule has 32 heavy (non-hydrogen) atoms. The Labute approximate surface area is 189 Å². The first kappa shape index (κ1) is 24.9. The first-order chi connectivity index (χ1) is 15.2. The molecule has 0 bridgehead atoms. The van der Waals surface area contributed by atoms with E-state index in [2.05, 4.69) is 25.0 Å². The molecule has 1 aliphatic rings. The molecule has 0 aliphatic heterocycles. The number of hydrogen-bond donors (Lipinski definition) is 1. The lowest BCUT2D eigenvalue weighted by molar-refractivity contribution is 0.0793. The standard InChI is InChI=1S/C23H34F3N3O2Si/c1-30-14-21-22(13-27-20-6-5-17(24)12-20)28-29(15-31-7-8-32(2,3)4)23(21)16-9-18(25)11-19(26)10-16/h9-11,17,20,27H,5-8,12-15H2,1-4H3/t17-,20+/m1/s1. The van der Waals surface area contributed by atoms with E-state index < -0.39 is 25.9 Å². The predicted octanol–water partition coefficient (Wildman–Crippen LogP) is 5.27. The topological polar surface area (TPSA) is 48.3 Å². The van der Waals surface area contributed by atoms with Crippen molar-refractivity contribution >= 4 is 8.07 Å². The summed E-state index contributed by atoms with van der Waals surface area (Å²) in [6.07, 6.45) is 1.07. The van der Waals surface area contributed by atoms with E-state index in [9.17, 15) is 13.2 Å². The van der Waals surface area contributed by atoms with Crippen LogP contribution in [0.15, 0.2) is 18.2 Å². The summed E-state index contributed by atoms with van der Waals surface area (Å²) in [6.45, 7) is 8.24. The van der Waals surface area contributed by atoms with Gasteiger partial charge in [0.25, 0.3) is 0 Å². The summed E-state index contributed by atoms with van der Waals surface area (Å²) in [6, 6.07) is 4.53. The maximum absolute atomic E-state index is 14.0. The van der Waals surface area contributed by atoms with Crippen LogP contribution in [-0.2, 0) is 29.4 Å². The van der Waals surface area contributed by atoms with E-state index in [0.29, 0.717) is 42.9 Å². The Balaban J connectivity index is 1.89. The normalized spacial score (nSPS) is 19.1. The molecule has 0 saturated heterocycles. The molecule has 1 heterocycles. The van der Waals surface area contributed by atoms with E-state index in [1.54, 1.807) is 11.8 Å². The van der Waals surface area contributed by atoms with Crippen LogP contribution in [0, 0.1) is 11.6 Å². The lowest BCUT2D eigenvalue weighted by atomic mass is 10.1. The molecule has 3 rings (SSSR count). The van der Waals surface area contributed by atoms with Gasteiger partial charge in [-0.1, -0.05) is 19.6 Å². The molecule has 0 radical (unpaired) electrons. The Kier molecular flexibility index (Phi) is 8.54. The Morgan fingerprint density at radius 3 is 2.47 bits per heavy atom. The van der Waals surface area contributed by atoms with Gasteiger partial charge in [-0.2, -0.15) is 5.10 Å². The van der Waals surface area contributed by atoms with Crippen LogP contribution in [-0.4, -0.2) is 43.8 Å². The number of hydrogen-bond acceptors (Lipinski definition) is 4. The maximum Gasteiger partial charge on any atom is 0.140 e. The van der Waals surface area contributed by atoms with Gasteiger partial charge in [0.1, 0.15) is 24.5 Å². The highest BCUT2D eigenvalue weighted by atomic mass is 28.3. The highest BCUT2D eigenvalue weighted by Gasteiger charge is 2.26. The Hall–Kier alpha value is -1.68. The number of methoxy groups -OCH3 is 1. The summed E-state index contributed by atoms with van der Waals surface area (Å²) in [5.41, 5.74) is 2.41. The summed E-state index contributed by atoms with van der Waals surface area (Å²) in [5.74, 6) is -1.31. The van der Waals surface area contributed by atoms with Gasteiger partial charge in [-0.25, -0.2) is 17.9 Å². The number of aromatic nitrogens is 2. The van der Waals surface area contributed by atoms with Gasteiger partial charge in [-0.3, -0.25) is 0 Å². The van der Waals surface area contributed by atoms with Crippen molar-refractivity contribution in [2.45, 2.75) is 77.0 Å². The van der Waals surface area contributed by atoms with Gasteiger partial charge in [-0.05, 0) is 37.4 Å². The summed E-state index contributed by atoms with van der Waals surface area (Å²) >= 11 is 0. The Bertz CT molecular complexity index is 881. The quantitative estimate of drug-likeness (QED) is 0.360. The number of rotatable bonds is 11. The zero-order chi connectivity index (χ0) is 23.3. The summed E-state index contributed by atoms with van der Waals surface area (Å²) in [7, 11) is 0.315. The van der Waals surface area contributed by atoms with Crippen molar-refractivity contribution in [3.05, 3.63) is 41.1 Å². The largest absolute Gasteiger partial charge is 0.380 e. The average Bonchev–Trinajstić information content (AvgIpc) is 3.25. The molecule has 0 amide bonds. The zero-order valence-corrected chi connectivity index (χ0v) is 20.4. The molecule has 1 saturated carbocycles. The molecule has 1 aromatic carbocycles. The first-order valence-electron chi connectivity index (χ1n) is 11.2. The summed E-state index contributed by atoms with van der Waals surface area (Å²) in [5, 5.41) is 8.07. The number of nitrogens with zero attached hydrogens (tertiary/aromatic N) is 2. The Morgan fingerprint density at radius 2 is 1.88 bits per heavy atom. The second-order valence-corrected chi connectivity index (χ2v) is 15.3. The molecule has 1 N–H and O–H groups in total. The molecular formula is C23H34F3N3O2Si. The number of benzene rings is 1. The van der Waals surface area contributed by atoms with E-state index >= 15 is 0 Å². The van der Waals surface area contributed by atoms with E-state index in [0.717, 1.165) is 24.1 Å². The SMILES string of the molecule is COCc1c(CN[C@H]2CC[C@@H](F)C2)nn(COCC[Si](C)(C)C)c1-c1cc(F)cc(F)c1. The lowest BCUT2D eigenvalue weighted by Gasteiger charge is -2.16. The van der Waals surface area contributed by atoms with Gasteiger partial charge in [-0.15, -0.1) is 0 Å². The molecule has 1 fully saturated rings. The van der Waals surface area contributed by atoms with Crippen molar-refractivity contribution < 1.29 is 22.6 Å². The third-order valence-electron chi connectivity index (χ3n) is 5.70. The number of alkyl halides is 1. The van der Waals surface area contributed by atoms with Crippen molar-refractivity contribution in [3.8, 4) is 11.3 Å². The molecule has 0 unspecified atom stereocenters. The van der Waals surface area contributed by atoms with Crippen LogP contribution in [0.4, 0.5) is 13.2 Å². The Morgan fingerprint density at radius 1 is 1.16 bits per heavy atom. The maximum atomic E-state index is 14.0. The van der Waals surface area contributed by atoms with Crippen LogP contribution < -0.4 is 5.32 Å². The molecule has 1 aliphatic carbocycles. The second kappa shape index (κ2) is 11.0. The minimum absolute atomic E-state index is 0.0913. The molecule has 2 aromatic rings. The third kappa shape index (κ3) is 6.91. The third-order valence-corrected chi connectivity index (χ3v) is 7.40. The van der Waals surface area contributed by atoms with Crippen LogP contribution in [0.1, 0.15) is 30.5 Å². The van der Waals surface area contributed by atoms with Crippen LogP contribution in [0.3, 0.4) is 0 Å². The van der Waals surface area contributed by atoms with Gasteiger partial charge in [0.2, 0.25) is 0 Å². The van der Waals surface area contributed by atoms with E-state index in [-0.39, 0.29) is 19.4 Å². The van der Waals surface area contributed by atoms with Crippen molar-refractivity contribution in [1.29, 1.82) is 0 Å². The monoisotopic (exact) mass is 469 g/mol. The molecular weight excluding hydrogens is 435 g/mol. The van der Waals surface area contributed by atoms with E-state index in [4.69, 9.17) is 14.6 Å². The van der Waals surface area contributed by atoms with Gasteiger partial charge in [0.15, 0.2) is 0 Å². The van der Waals surface area contributed by atoms with Gasteiger partial charge >= 0.3 is 0 Å². The number of ether oxygens (including phenoxy) is 2. The molecule has 178 valence electrons. The van der Waals surface area contributed by atoms with E-state index in [1.165, 1.54) is 12.1 Å². The fourth-order valence-electron chi connectivity index (χ4n) is 3.98. The van der Waals surface area contributed by atoms with Crippen LogP contribution in [0.5, 0.6) is 0 Å². The predicted molar refractivity (Wildman–Crippen MR) is 122 cm³/mol. The van der Waals surface area contributed by atoms with Crippen molar-refractivity contribution in [3.63, 3.8) is 0 Å². The lowest BCUT2D eigenvalue weighted by Crippen LogP contribution is -2.26. The highest BCUT2D eigenvalue weighted by molar-refractivity contribution is 6.76. The van der Waals surface area contributed by atoms with Crippen LogP contribution >= 0.6 is 0 Å². The average molecular weight is 470 g/mol. The van der Waals surface area contributed by atoms with E-state index in [1.807, 2.05) is 0 Å². The molecule has 2 atom stereocenters. The second-order valence-electron chi connectivity index (χ2n) is 9.70. The van der Waals surface area contributed by atoms with Crippen molar-refractivity contribution in [2.24, 2.45) is 0 Å².